The van der Waals surface area contributed by atoms with Gasteiger partial charge in [-0.2, -0.15) is 0 Å². The van der Waals surface area contributed by atoms with Gasteiger partial charge in [0.25, 0.3) is 5.91 Å². The molecule has 0 saturated carbocycles. The fourth-order valence-electron chi connectivity index (χ4n) is 5.10. The number of rotatable bonds is 4. The zero-order valence-electron chi connectivity index (χ0n) is 18.0. The van der Waals surface area contributed by atoms with Crippen LogP contribution in [0.15, 0.2) is 84.9 Å². The lowest BCUT2D eigenvalue weighted by Gasteiger charge is -2.38. The molecule has 1 heterocycles. The van der Waals surface area contributed by atoms with Crippen molar-refractivity contribution < 1.29 is 4.79 Å². The molecule has 0 fully saturated rings. The van der Waals surface area contributed by atoms with Crippen LogP contribution in [0.5, 0.6) is 0 Å². The quantitative estimate of drug-likeness (QED) is 0.497. The molecule has 4 unspecified atom stereocenters. The number of amides is 1. The van der Waals surface area contributed by atoms with Crippen molar-refractivity contribution in [2.45, 2.75) is 38.3 Å². The van der Waals surface area contributed by atoms with Gasteiger partial charge in [-0.25, -0.2) is 0 Å². The maximum Gasteiger partial charge on any atom is 0.253 e. The third kappa shape index (κ3) is 3.65. The summed E-state index contributed by atoms with van der Waals surface area (Å²) in [5, 5.41) is 6.96. The van der Waals surface area contributed by atoms with Crippen molar-refractivity contribution >= 4 is 11.6 Å². The second kappa shape index (κ2) is 8.07. The van der Waals surface area contributed by atoms with E-state index < -0.39 is 0 Å². The molecule has 156 valence electrons. The molecule has 0 radical (unpaired) electrons. The minimum absolute atomic E-state index is 0.0379. The number of benzene rings is 3. The fourth-order valence-corrected chi connectivity index (χ4v) is 5.10. The van der Waals surface area contributed by atoms with Crippen molar-refractivity contribution in [2.75, 3.05) is 5.32 Å². The predicted molar refractivity (Wildman–Crippen MR) is 126 cm³/mol. The summed E-state index contributed by atoms with van der Waals surface area (Å²) in [6, 6.07) is 25.1. The Morgan fingerprint density at radius 2 is 1.84 bits per heavy atom. The Balaban J connectivity index is 1.49. The molecular formula is C28H28N2O. The molecule has 1 amide bonds. The summed E-state index contributed by atoms with van der Waals surface area (Å²) in [4.78, 5) is 13.3. The first-order valence-corrected chi connectivity index (χ1v) is 11.1. The predicted octanol–water partition coefficient (Wildman–Crippen LogP) is 6.31. The van der Waals surface area contributed by atoms with E-state index in [-0.39, 0.29) is 18.0 Å². The van der Waals surface area contributed by atoms with Crippen LogP contribution in [0.1, 0.15) is 64.0 Å². The number of para-hydroxylation sites is 1. The molecule has 0 saturated heterocycles. The Bertz CT molecular complexity index is 1130. The molecule has 3 heteroatoms. The topological polar surface area (TPSA) is 41.1 Å². The van der Waals surface area contributed by atoms with Gasteiger partial charge in [-0.15, -0.1) is 0 Å². The second-order valence-electron chi connectivity index (χ2n) is 8.77. The Hall–Kier alpha value is -3.33. The number of carbonyl (C=O) groups is 1. The van der Waals surface area contributed by atoms with E-state index >= 15 is 0 Å². The molecule has 31 heavy (non-hydrogen) atoms. The summed E-state index contributed by atoms with van der Waals surface area (Å²) in [6.45, 7) is 4.16. The van der Waals surface area contributed by atoms with Gasteiger partial charge in [-0.3, -0.25) is 4.79 Å². The molecule has 3 nitrogen and oxygen atoms in total. The third-order valence-corrected chi connectivity index (χ3v) is 6.69. The number of hydrogen-bond acceptors (Lipinski definition) is 2. The monoisotopic (exact) mass is 408 g/mol. The Labute approximate surface area is 184 Å². The molecule has 1 aliphatic heterocycles. The van der Waals surface area contributed by atoms with Crippen LogP contribution in [0.3, 0.4) is 0 Å². The van der Waals surface area contributed by atoms with E-state index in [9.17, 15) is 4.79 Å². The van der Waals surface area contributed by atoms with Gasteiger partial charge >= 0.3 is 0 Å². The lowest BCUT2D eigenvalue weighted by molar-refractivity contribution is 0.0940. The summed E-state index contributed by atoms with van der Waals surface area (Å²) in [7, 11) is 0. The van der Waals surface area contributed by atoms with Crippen LogP contribution < -0.4 is 10.6 Å². The van der Waals surface area contributed by atoms with Gasteiger partial charge < -0.3 is 10.6 Å². The first-order chi connectivity index (χ1) is 15.1. The van der Waals surface area contributed by atoms with E-state index in [1.165, 1.54) is 16.7 Å². The van der Waals surface area contributed by atoms with E-state index in [0.29, 0.717) is 11.8 Å². The number of fused-ring (bicyclic) bond motifs is 3. The normalized spacial score (nSPS) is 22.2. The Morgan fingerprint density at radius 3 is 2.65 bits per heavy atom. The summed E-state index contributed by atoms with van der Waals surface area (Å²) in [5.74, 6) is 0.765. The first-order valence-electron chi connectivity index (χ1n) is 11.1. The molecule has 2 N–H and O–H groups in total. The molecule has 0 bridgehead atoms. The van der Waals surface area contributed by atoms with Crippen LogP contribution in [0.2, 0.25) is 0 Å². The Morgan fingerprint density at radius 1 is 1.03 bits per heavy atom. The summed E-state index contributed by atoms with van der Waals surface area (Å²) in [6.07, 6.45) is 5.66. The SMILES string of the molecule is Cc1cccc(C2Nc3c(C(=O)NC(C)c4ccccc4)cccc3C3C=CCC32)c1. The molecule has 3 aromatic carbocycles. The summed E-state index contributed by atoms with van der Waals surface area (Å²) >= 11 is 0. The van der Waals surface area contributed by atoms with Gasteiger partial charge in [0.2, 0.25) is 0 Å². The van der Waals surface area contributed by atoms with Gasteiger partial charge in [-0.05, 0) is 48.9 Å². The van der Waals surface area contributed by atoms with Gasteiger partial charge in [-0.1, -0.05) is 84.4 Å². The average molecular weight is 409 g/mol. The van der Waals surface area contributed by atoms with Gasteiger partial charge in [0, 0.05) is 5.92 Å². The highest BCUT2D eigenvalue weighted by Crippen LogP contribution is 2.50. The largest absolute Gasteiger partial charge is 0.377 e. The summed E-state index contributed by atoms with van der Waals surface area (Å²) < 4.78 is 0. The number of anilines is 1. The number of allylic oxidation sites excluding steroid dienone is 2. The van der Waals surface area contributed by atoms with Gasteiger partial charge in [0.05, 0.1) is 23.3 Å². The highest BCUT2D eigenvalue weighted by Gasteiger charge is 2.39. The minimum atomic E-state index is -0.0557. The van der Waals surface area contributed by atoms with Crippen LogP contribution >= 0.6 is 0 Å². The number of aryl methyl sites for hydroxylation is 1. The molecule has 5 rings (SSSR count). The third-order valence-electron chi connectivity index (χ3n) is 6.69. The lowest BCUT2D eigenvalue weighted by Crippen LogP contribution is -2.33. The number of carbonyl (C=O) groups excluding carboxylic acids is 1. The maximum atomic E-state index is 13.3. The average Bonchev–Trinajstić information content (AvgIpc) is 3.29. The number of hydrogen-bond donors (Lipinski definition) is 2. The van der Waals surface area contributed by atoms with Crippen LogP contribution in [0.4, 0.5) is 5.69 Å². The summed E-state index contributed by atoms with van der Waals surface area (Å²) in [5.41, 5.74) is 6.57. The lowest BCUT2D eigenvalue weighted by atomic mass is 9.76. The van der Waals surface area contributed by atoms with Crippen molar-refractivity contribution in [3.05, 3.63) is 113 Å². The van der Waals surface area contributed by atoms with Gasteiger partial charge in [0.1, 0.15) is 0 Å². The molecule has 0 aromatic heterocycles. The molecule has 3 aromatic rings. The van der Waals surface area contributed by atoms with E-state index in [1.807, 2.05) is 49.4 Å². The molecule has 1 aliphatic carbocycles. The maximum absolute atomic E-state index is 13.3. The number of nitrogens with one attached hydrogen (secondary N) is 2. The van der Waals surface area contributed by atoms with Crippen molar-refractivity contribution in [1.29, 1.82) is 0 Å². The van der Waals surface area contributed by atoms with E-state index in [4.69, 9.17) is 0 Å². The van der Waals surface area contributed by atoms with Crippen molar-refractivity contribution in [2.24, 2.45) is 5.92 Å². The van der Waals surface area contributed by atoms with Gasteiger partial charge in [0.15, 0.2) is 0 Å². The smallest absolute Gasteiger partial charge is 0.253 e. The highest BCUT2D eigenvalue weighted by molar-refractivity contribution is 6.01. The van der Waals surface area contributed by atoms with Crippen molar-refractivity contribution in [3.8, 4) is 0 Å². The first kappa shape index (κ1) is 19.6. The highest BCUT2D eigenvalue weighted by atomic mass is 16.1. The van der Waals surface area contributed by atoms with Crippen LogP contribution in [0.25, 0.3) is 0 Å². The molecule has 2 aliphatic rings. The second-order valence-corrected chi connectivity index (χ2v) is 8.77. The van der Waals surface area contributed by atoms with Crippen LogP contribution in [-0.4, -0.2) is 5.91 Å². The van der Waals surface area contributed by atoms with Crippen molar-refractivity contribution in [3.63, 3.8) is 0 Å². The molecule has 4 atom stereocenters. The Kier molecular flexibility index (Phi) is 5.11. The van der Waals surface area contributed by atoms with Crippen LogP contribution in [0, 0.1) is 12.8 Å². The van der Waals surface area contributed by atoms with E-state index in [2.05, 4.69) is 60.0 Å². The van der Waals surface area contributed by atoms with Crippen LogP contribution in [-0.2, 0) is 0 Å². The van der Waals surface area contributed by atoms with Crippen molar-refractivity contribution in [1.82, 2.24) is 5.32 Å². The zero-order chi connectivity index (χ0) is 21.4. The molecular weight excluding hydrogens is 380 g/mol. The fraction of sp³-hybridized carbons (Fsp3) is 0.250. The van der Waals surface area contributed by atoms with E-state index in [1.54, 1.807) is 0 Å². The zero-order valence-corrected chi connectivity index (χ0v) is 18.0. The van der Waals surface area contributed by atoms with E-state index in [0.717, 1.165) is 23.2 Å². The minimum Gasteiger partial charge on any atom is -0.377 e. The standard InChI is InChI=1S/C28H28N2O/c1-18-9-6-12-21(17-18)26-23-14-7-13-22(23)24-15-8-16-25(27(24)30-26)28(31)29-19(2)20-10-4-3-5-11-20/h3-13,15-17,19,22-23,26,30H,14H2,1-2H3,(H,29,31). The molecule has 0 spiro atoms.